The number of carbonyl (C=O) groups is 1. The maximum Gasteiger partial charge on any atom is 0.244 e. The van der Waals surface area contributed by atoms with Crippen molar-refractivity contribution < 1.29 is 14.3 Å². The second kappa shape index (κ2) is 9.04. The van der Waals surface area contributed by atoms with Gasteiger partial charge in [0, 0.05) is 32.1 Å². The number of amides is 1. The number of carbonyl (C=O) groups excluding carboxylic acids is 1. The third-order valence-corrected chi connectivity index (χ3v) is 5.28. The zero-order chi connectivity index (χ0) is 19.2. The standard InChI is InChI=1S/C23H26N2O3/c26-23(9-7-18-6-8-22-20(16-18)10-13-28-22)24-17-21(19-4-2-1-3-5-19)25-11-14-27-15-12-25/h1-9,16,21H,10-15,17H2,(H,24,26)/b9-7+. The molecule has 28 heavy (non-hydrogen) atoms. The van der Waals surface area contributed by atoms with Crippen LogP contribution in [0, 0.1) is 0 Å². The molecule has 1 fully saturated rings. The second-order valence-corrected chi connectivity index (χ2v) is 7.12. The molecule has 2 aliphatic heterocycles. The quantitative estimate of drug-likeness (QED) is 0.786. The Labute approximate surface area is 165 Å². The van der Waals surface area contributed by atoms with E-state index in [2.05, 4.69) is 28.4 Å². The van der Waals surface area contributed by atoms with E-state index in [4.69, 9.17) is 9.47 Å². The van der Waals surface area contributed by atoms with Gasteiger partial charge in [-0.05, 0) is 34.9 Å². The van der Waals surface area contributed by atoms with Crippen LogP contribution in [0.1, 0.15) is 22.7 Å². The van der Waals surface area contributed by atoms with E-state index in [0.717, 1.165) is 50.6 Å². The first kappa shape index (κ1) is 18.7. The molecule has 1 amide bonds. The number of benzene rings is 2. The highest BCUT2D eigenvalue weighted by atomic mass is 16.5. The molecule has 0 aliphatic carbocycles. The summed E-state index contributed by atoms with van der Waals surface area (Å²) in [5.74, 6) is 0.878. The van der Waals surface area contributed by atoms with Crippen molar-refractivity contribution >= 4 is 12.0 Å². The number of rotatable bonds is 6. The average molecular weight is 378 g/mol. The van der Waals surface area contributed by atoms with Gasteiger partial charge in [-0.25, -0.2) is 0 Å². The Bertz CT molecular complexity index is 829. The number of nitrogens with zero attached hydrogens (tertiary/aromatic N) is 1. The average Bonchev–Trinajstić information content (AvgIpc) is 3.22. The molecule has 2 aromatic carbocycles. The largest absolute Gasteiger partial charge is 0.493 e. The summed E-state index contributed by atoms with van der Waals surface area (Å²) < 4.78 is 11.0. The molecule has 0 saturated carbocycles. The van der Waals surface area contributed by atoms with Crippen LogP contribution in [0.25, 0.3) is 6.08 Å². The summed E-state index contributed by atoms with van der Waals surface area (Å²) in [4.78, 5) is 14.8. The molecule has 5 nitrogen and oxygen atoms in total. The van der Waals surface area contributed by atoms with Crippen molar-refractivity contribution in [3.63, 3.8) is 0 Å². The molecule has 0 spiro atoms. The lowest BCUT2D eigenvalue weighted by molar-refractivity contribution is -0.116. The minimum Gasteiger partial charge on any atom is -0.493 e. The van der Waals surface area contributed by atoms with Crippen LogP contribution in [0.4, 0.5) is 0 Å². The zero-order valence-corrected chi connectivity index (χ0v) is 16.0. The van der Waals surface area contributed by atoms with Crippen molar-refractivity contribution in [3.05, 3.63) is 71.3 Å². The molecule has 146 valence electrons. The van der Waals surface area contributed by atoms with Crippen molar-refractivity contribution in [1.82, 2.24) is 10.2 Å². The van der Waals surface area contributed by atoms with Gasteiger partial charge in [-0.3, -0.25) is 9.69 Å². The molecule has 1 atom stereocenters. The van der Waals surface area contributed by atoms with Gasteiger partial charge in [-0.1, -0.05) is 36.4 Å². The van der Waals surface area contributed by atoms with Gasteiger partial charge >= 0.3 is 0 Å². The van der Waals surface area contributed by atoms with Gasteiger partial charge in [0.1, 0.15) is 5.75 Å². The SMILES string of the molecule is O=C(/C=C/c1ccc2c(c1)CCO2)NCC(c1ccccc1)N1CCOCC1. The third-order valence-electron chi connectivity index (χ3n) is 5.28. The van der Waals surface area contributed by atoms with Gasteiger partial charge in [-0.2, -0.15) is 0 Å². The first-order valence-electron chi connectivity index (χ1n) is 9.88. The predicted octanol–water partition coefficient (Wildman–Crippen LogP) is 2.82. The molecule has 1 unspecified atom stereocenters. The lowest BCUT2D eigenvalue weighted by atomic mass is 10.0. The normalized spacial score (nSPS) is 17.9. The topological polar surface area (TPSA) is 50.8 Å². The van der Waals surface area contributed by atoms with Gasteiger partial charge in [-0.15, -0.1) is 0 Å². The summed E-state index contributed by atoms with van der Waals surface area (Å²) >= 11 is 0. The number of morpholine rings is 1. The molecule has 0 bridgehead atoms. The smallest absolute Gasteiger partial charge is 0.244 e. The summed E-state index contributed by atoms with van der Waals surface area (Å²) in [6.07, 6.45) is 4.40. The minimum absolute atomic E-state index is 0.0778. The van der Waals surface area contributed by atoms with Crippen LogP contribution in [-0.2, 0) is 16.0 Å². The van der Waals surface area contributed by atoms with Crippen molar-refractivity contribution in [2.24, 2.45) is 0 Å². The van der Waals surface area contributed by atoms with Crippen LogP contribution in [0.2, 0.25) is 0 Å². The van der Waals surface area contributed by atoms with Crippen molar-refractivity contribution in [1.29, 1.82) is 0 Å². The van der Waals surface area contributed by atoms with E-state index < -0.39 is 0 Å². The molecule has 0 radical (unpaired) electrons. The molecular weight excluding hydrogens is 352 g/mol. The number of hydrogen-bond acceptors (Lipinski definition) is 4. The fourth-order valence-electron chi connectivity index (χ4n) is 3.76. The predicted molar refractivity (Wildman–Crippen MR) is 109 cm³/mol. The summed E-state index contributed by atoms with van der Waals surface area (Å²) in [5.41, 5.74) is 3.44. The number of ether oxygens (including phenoxy) is 2. The Morgan fingerprint density at radius 2 is 1.93 bits per heavy atom. The first-order chi connectivity index (χ1) is 13.8. The molecule has 1 N–H and O–H groups in total. The minimum atomic E-state index is -0.0778. The van der Waals surface area contributed by atoms with Crippen molar-refractivity contribution in [2.75, 3.05) is 39.5 Å². The highest BCUT2D eigenvalue weighted by Crippen LogP contribution is 2.26. The summed E-state index contributed by atoms with van der Waals surface area (Å²) in [7, 11) is 0. The van der Waals surface area contributed by atoms with Crippen LogP contribution in [0.3, 0.4) is 0 Å². The van der Waals surface area contributed by atoms with Gasteiger partial charge < -0.3 is 14.8 Å². The lowest BCUT2D eigenvalue weighted by Gasteiger charge is -2.34. The lowest BCUT2D eigenvalue weighted by Crippen LogP contribution is -2.43. The Morgan fingerprint density at radius 3 is 2.75 bits per heavy atom. The van der Waals surface area contributed by atoms with Gasteiger partial charge in [0.15, 0.2) is 0 Å². The zero-order valence-electron chi connectivity index (χ0n) is 16.0. The Kier molecular flexibility index (Phi) is 6.04. The maximum atomic E-state index is 12.4. The van der Waals surface area contributed by atoms with E-state index in [0.29, 0.717) is 6.54 Å². The van der Waals surface area contributed by atoms with Gasteiger partial charge in [0.25, 0.3) is 0 Å². The fourth-order valence-corrected chi connectivity index (χ4v) is 3.76. The fraction of sp³-hybridized carbons (Fsp3) is 0.348. The second-order valence-electron chi connectivity index (χ2n) is 7.12. The van der Waals surface area contributed by atoms with E-state index in [1.165, 1.54) is 11.1 Å². The van der Waals surface area contributed by atoms with E-state index in [-0.39, 0.29) is 11.9 Å². The molecule has 5 heteroatoms. The number of hydrogen-bond donors (Lipinski definition) is 1. The number of fused-ring (bicyclic) bond motifs is 1. The van der Waals surface area contributed by atoms with Crippen LogP contribution in [0.5, 0.6) is 5.75 Å². The molecule has 2 aliphatic rings. The highest BCUT2D eigenvalue weighted by molar-refractivity contribution is 5.91. The van der Waals surface area contributed by atoms with Crippen molar-refractivity contribution in [3.8, 4) is 5.75 Å². The van der Waals surface area contributed by atoms with E-state index in [1.807, 2.05) is 36.4 Å². The van der Waals surface area contributed by atoms with Gasteiger partial charge in [0.2, 0.25) is 5.91 Å². The van der Waals surface area contributed by atoms with E-state index in [9.17, 15) is 4.79 Å². The maximum absolute atomic E-state index is 12.4. The monoisotopic (exact) mass is 378 g/mol. The third kappa shape index (κ3) is 4.61. The number of nitrogens with one attached hydrogen (secondary N) is 1. The van der Waals surface area contributed by atoms with Crippen LogP contribution >= 0.6 is 0 Å². The van der Waals surface area contributed by atoms with Crippen LogP contribution < -0.4 is 10.1 Å². The molecule has 0 aromatic heterocycles. The van der Waals surface area contributed by atoms with E-state index in [1.54, 1.807) is 6.08 Å². The molecular formula is C23H26N2O3. The Balaban J connectivity index is 1.38. The van der Waals surface area contributed by atoms with Crippen LogP contribution in [0.15, 0.2) is 54.6 Å². The van der Waals surface area contributed by atoms with Gasteiger partial charge in [0.05, 0.1) is 25.9 Å². The molecule has 2 heterocycles. The molecule has 2 aromatic rings. The molecule has 4 rings (SSSR count). The Morgan fingerprint density at radius 1 is 1.11 bits per heavy atom. The molecule has 1 saturated heterocycles. The highest BCUT2D eigenvalue weighted by Gasteiger charge is 2.22. The Hall–Kier alpha value is -2.63. The summed E-state index contributed by atoms with van der Waals surface area (Å²) in [5, 5.41) is 3.07. The van der Waals surface area contributed by atoms with Crippen molar-refractivity contribution in [2.45, 2.75) is 12.5 Å². The first-order valence-corrected chi connectivity index (χ1v) is 9.88. The van der Waals surface area contributed by atoms with Crippen LogP contribution in [-0.4, -0.2) is 50.3 Å². The van der Waals surface area contributed by atoms with E-state index >= 15 is 0 Å². The summed E-state index contributed by atoms with van der Waals surface area (Å²) in [6.45, 7) is 4.54. The summed E-state index contributed by atoms with van der Waals surface area (Å²) in [6, 6.07) is 16.5.